The first-order chi connectivity index (χ1) is 6.61. The topological polar surface area (TPSA) is 72.8 Å². The van der Waals surface area contributed by atoms with Gasteiger partial charge in [-0.25, -0.2) is 0 Å². The van der Waals surface area contributed by atoms with Crippen molar-refractivity contribution in [3.05, 3.63) is 0 Å². The number of aliphatic hydroxyl groups excluding tert-OH is 1. The Morgan fingerprint density at radius 3 is 2.47 bits per heavy atom. The van der Waals surface area contributed by atoms with Gasteiger partial charge in [-0.2, -0.15) is 0 Å². The molecular formula is C9H20AcN2O3. The van der Waals surface area contributed by atoms with Gasteiger partial charge in [-0.1, -0.05) is 6.42 Å². The van der Waals surface area contributed by atoms with Crippen molar-refractivity contribution in [2.75, 3.05) is 27.4 Å². The number of nitrogens with zero attached hydrogens (tertiary/aromatic N) is 1. The van der Waals surface area contributed by atoms with Gasteiger partial charge >= 0.3 is 5.97 Å². The molecule has 0 aromatic heterocycles. The maximum atomic E-state index is 10.6. The molecule has 87 valence electrons. The molecule has 0 spiro atoms. The van der Waals surface area contributed by atoms with E-state index in [0.29, 0.717) is 6.42 Å². The van der Waals surface area contributed by atoms with Crippen LogP contribution in [0.4, 0.5) is 0 Å². The first-order valence-electron chi connectivity index (χ1n) is 4.81. The van der Waals surface area contributed by atoms with Gasteiger partial charge in [-0.15, -0.1) is 0 Å². The Hall–Kier alpha value is 0.792. The van der Waals surface area contributed by atoms with Crippen LogP contribution in [0, 0.1) is 44.1 Å². The molecule has 0 saturated carbocycles. The Morgan fingerprint density at radius 1 is 1.47 bits per heavy atom. The van der Waals surface area contributed by atoms with E-state index in [0.717, 1.165) is 19.4 Å². The average molecular weight is 431 g/mol. The molecule has 1 atom stereocenters. The van der Waals surface area contributed by atoms with Crippen molar-refractivity contribution in [1.82, 2.24) is 10.2 Å². The molecule has 3 N–H and O–H groups in total. The molecule has 0 heterocycles. The second-order valence-corrected chi connectivity index (χ2v) is 3.40. The number of carboxylic acids is 1. The van der Waals surface area contributed by atoms with Crippen molar-refractivity contribution >= 4 is 5.97 Å². The number of aliphatic hydroxyl groups is 1. The zero-order valence-electron chi connectivity index (χ0n) is 9.44. The zero-order chi connectivity index (χ0) is 11.0. The number of rotatable bonds is 8. The third-order valence-electron chi connectivity index (χ3n) is 2.17. The minimum atomic E-state index is -0.803. The number of aliphatic carboxylic acids is 1. The minimum absolute atomic E-state index is 0. The fraction of sp³-hybridized carbons (Fsp3) is 0.889. The molecule has 0 fully saturated rings. The number of nitrogens with one attached hydrogen (secondary N) is 1. The van der Waals surface area contributed by atoms with Crippen LogP contribution in [-0.2, 0) is 4.79 Å². The van der Waals surface area contributed by atoms with E-state index in [4.69, 9.17) is 10.2 Å². The van der Waals surface area contributed by atoms with Crippen LogP contribution in [0.1, 0.15) is 19.3 Å². The summed E-state index contributed by atoms with van der Waals surface area (Å²) in [5.74, 6) is -0.803. The SMILES string of the molecule is CN[C@@H](CCCCN(C)CO)C(=O)O.[Ac]. The molecule has 0 aromatic carbocycles. The number of hydrogen-bond donors (Lipinski definition) is 3. The predicted molar refractivity (Wildman–Crippen MR) is 54.1 cm³/mol. The van der Waals surface area contributed by atoms with Gasteiger partial charge in [0.05, 0.1) is 6.73 Å². The van der Waals surface area contributed by atoms with Crippen LogP contribution >= 0.6 is 0 Å². The van der Waals surface area contributed by atoms with E-state index in [1.165, 1.54) is 0 Å². The number of carbonyl (C=O) groups is 1. The summed E-state index contributed by atoms with van der Waals surface area (Å²) < 4.78 is 0. The number of unbranched alkanes of at least 4 members (excludes halogenated alkanes) is 1. The van der Waals surface area contributed by atoms with Crippen molar-refractivity contribution in [3.63, 3.8) is 0 Å². The second kappa shape index (κ2) is 11.3. The summed E-state index contributed by atoms with van der Waals surface area (Å²) in [5, 5.41) is 20.2. The Morgan fingerprint density at radius 2 is 2.07 bits per heavy atom. The molecule has 15 heavy (non-hydrogen) atoms. The summed E-state index contributed by atoms with van der Waals surface area (Å²) >= 11 is 0. The van der Waals surface area contributed by atoms with Gasteiger partial charge < -0.3 is 15.5 Å². The fourth-order valence-electron chi connectivity index (χ4n) is 1.19. The predicted octanol–water partition coefficient (Wildman–Crippen LogP) is -0.289. The summed E-state index contributed by atoms with van der Waals surface area (Å²) in [6.45, 7) is 0.848. The molecule has 1 radical (unpaired) electrons. The molecule has 6 heteroatoms. The smallest absolute Gasteiger partial charge is 0.320 e. The van der Waals surface area contributed by atoms with Crippen LogP contribution in [0.25, 0.3) is 0 Å². The molecule has 0 bridgehead atoms. The summed E-state index contributed by atoms with van der Waals surface area (Å²) in [6.07, 6.45) is 2.38. The van der Waals surface area contributed by atoms with Gasteiger partial charge in [-0.3, -0.25) is 9.69 Å². The molecule has 0 aliphatic carbocycles. The molecule has 0 saturated heterocycles. The van der Waals surface area contributed by atoms with Crippen LogP contribution in [0.3, 0.4) is 0 Å². The Balaban J connectivity index is 0. The minimum Gasteiger partial charge on any atom is -0.480 e. The normalized spacial score (nSPS) is 12.3. The van der Waals surface area contributed by atoms with E-state index in [9.17, 15) is 4.79 Å². The third kappa shape index (κ3) is 9.71. The van der Waals surface area contributed by atoms with E-state index in [1.807, 2.05) is 7.05 Å². The number of hydrogen-bond acceptors (Lipinski definition) is 4. The van der Waals surface area contributed by atoms with Gasteiger partial charge in [0.1, 0.15) is 6.04 Å². The van der Waals surface area contributed by atoms with Crippen molar-refractivity contribution < 1.29 is 59.1 Å². The summed E-state index contributed by atoms with van der Waals surface area (Å²) in [7, 11) is 3.48. The largest absolute Gasteiger partial charge is 0.480 e. The van der Waals surface area contributed by atoms with Gasteiger partial charge in [0.15, 0.2) is 0 Å². The zero-order valence-corrected chi connectivity index (χ0v) is 14.2. The first kappa shape index (κ1) is 18.2. The van der Waals surface area contributed by atoms with Crippen molar-refractivity contribution in [2.45, 2.75) is 25.3 Å². The van der Waals surface area contributed by atoms with Crippen LogP contribution in [0.15, 0.2) is 0 Å². The van der Waals surface area contributed by atoms with E-state index in [-0.39, 0.29) is 50.8 Å². The van der Waals surface area contributed by atoms with Gasteiger partial charge in [0.2, 0.25) is 0 Å². The van der Waals surface area contributed by atoms with Crippen LogP contribution in [0.5, 0.6) is 0 Å². The molecular weight excluding hydrogens is 411 g/mol. The Kier molecular flexibility index (Phi) is 13.7. The Labute approximate surface area is 127 Å². The molecule has 0 aromatic rings. The fourth-order valence-corrected chi connectivity index (χ4v) is 1.19. The Bertz CT molecular complexity index is 169. The molecule has 0 amide bonds. The second-order valence-electron chi connectivity index (χ2n) is 3.40. The summed E-state index contributed by atoms with van der Waals surface area (Å²) in [4.78, 5) is 12.4. The maximum Gasteiger partial charge on any atom is 0.320 e. The third-order valence-corrected chi connectivity index (χ3v) is 2.17. The summed E-state index contributed by atoms with van der Waals surface area (Å²) in [5.41, 5.74) is 0. The standard InChI is InChI=1S/C9H20N2O3.Ac/c1-10-8(9(13)14)5-3-4-6-11(2)7-12;/h8,10,12H,3-7H2,1-2H3,(H,13,14);/t8-;/m0./s1. The van der Waals surface area contributed by atoms with E-state index < -0.39 is 12.0 Å². The molecule has 0 unspecified atom stereocenters. The van der Waals surface area contributed by atoms with E-state index >= 15 is 0 Å². The number of likely N-dealkylation sites (N-methyl/N-ethyl adjacent to an activating group) is 1. The first-order valence-corrected chi connectivity index (χ1v) is 4.81. The maximum absolute atomic E-state index is 10.6. The average Bonchev–Trinajstić information content (AvgIpc) is 2.16. The quantitative estimate of drug-likeness (QED) is 0.364. The molecule has 0 rings (SSSR count). The van der Waals surface area contributed by atoms with Gasteiger partial charge in [0, 0.05) is 44.1 Å². The number of carboxylic acid groups (broad SMARTS) is 1. The van der Waals surface area contributed by atoms with Gasteiger partial charge in [-0.05, 0) is 33.5 Å². The van der Waals surface area contributed by atoms with Gasteiger partial charge in [0.25, 0.3) is 0 Å². The van der Waals surface area contributed by atoms with Crippen molar-refractivity contribution in [2.24, 2.45) is 0 Å². The van der Waals surface area contributed by atoms with Crippen LogP contribution in [-0.4, -0.2) is 54.5 Å². The van der Waals surface area contributed by atoms with Crippen molar-refractivity contribution in [1.29, 1.82) is 0 Å². The van der Waals surface area contributed by atoms with Crippen molar-refractivity contribution in [3.8, 4) is 0 Å². The molecule has 0 aliphatic heterocycles. The summed E-state index contributed by atoms with van der Waals surface area (Å²) in [6, 6.07) is -0.450. The van der Waals surface area contributed by atoms with Crippen LogP contribution < -0.4 is 5.32 Å². The van der Waals surface area contributed by atoms with Crippen LogP contribution in [0.2, 0.25) is 0 Å². The van der Waals surface area contributed by atoms with E-state index in [1.54, 1.807) is 11.9 Å². The monoisotopic (exact) mass is 431 g/mol. The molecule has 0 aliphatic rings. The molecule has 5 nitrogen and oxygen atoms in total. The van der Waals surface area contributed by atoms with E-state index in [2.05, 4.69) is 5.32 Å².